The Morgan fingerprint density at radius 2 is 2.06 bits per heavy atom. The van der Waals surface area contributed by atoms with E-state index < -0.39 is 11.9 Å². The van der Waals surface area contributed by atoms with Crippen LogP contribution in [-0.4, -0.2) is 18.4 Å². The van der Waals surface area contributed by atoms with Gasteiger partial charge in [0.05, 0.1) is 6.61 Å². The fourth-order valence-corrected chi connectivity index (χ4v) is 1.76. The van der Waals surface area contributed by atoms with Crippen LogP contribution in [0.5, 0.6) is 0 Å². The van der Waals surface area contributed by atoms with Gasteiger partial charge in [-0.1, -0.05) is 30.3 Å². The first kappa shape index (κ1) is 14.2. The van der Waals surface area contributed by atoms with E-state index >= 15 is 0 Å². The van der Waals surface area contributed by atoms with E-state index in [2.05, 4.69) is 6.58 Å². The first-order valence-corrected chi connectivity index (χ1v) is 5.99. The molecule has 0 aliphatic heterocycles. The summed E-state index contributed by atoms with van der Waals surface area (Å²) in [5, 5.41) is 0. The van der Waals surface area contributed by atoms with E-state index in [4.69, 9.17) is 4.74 Å². The van der Waals surface area contributed by atoms with Gasteiger partial charge in [-0.15, -0.1) is 6.58 Å². The number of carbonyl (C=O) groups excluding carboxylic acids is 2. The van der Waals surface area contributed by atoms with Crippen LogP contribution in [0.3, 0.4) is 0 Å². The Bertz CT molecular complexity index is 449. The largest absolute Gasteiger partial charge is 0.465 e. The summed E-state index contributed by atoms with van der Waals surface area (Å²) in [5.74, 6) is -1.47. The Hall–Kier alpha value is -1.90. The molecular weight excluding hydrogens is 228 g/mol. The van der Waals surface area contributed by atoms with Crippen molar-refractivity contribution in [3.05, 3.63) is 48.0 Å². The Morgan fingerprint density at radius 1 is 1.39 bits per heavy atom. The van der Waals surface area contributed by atoms with Crippen molar-refractivity contribution in [2.45, 2.75) is 20.3 Å². The quantitative estimate of drug-likeness (QED) is 0.335. The molecule has 0 spiro atoms. The van der Waals surface area contributed by atoms with Crippen LogP contribution in [0, 0.1) is 12.8 Å². The molecule has 0 bridgehead atoms. The molecule has 3 heteroatoms. The molecular formula is C15H18O3. The highest BCUT2D eigenvalue weighted by Gasteiger charge is 2.28. The molecule has 0 amide bonds. The molecule has 3 nitrogen and oxygen atoms in total. The van der Waals surface area contributed by atoms with Gasteiger partial charge in [0.15, 0.2) is 5.78 Å². The van der Waals surface area contributed by atoms with Crippen LogP contribution in [-0.2, 0) is 9.53 Å². The third kappa shape index (κ3) is 3.29. The van der Waals surface area contributed by atoms with Gasteiger partial charge in [0.1, 0.15) is 5.92 Å². The van der Waals surface area contributed by atoms with E-state index in [1.54, 1.807) is 25.1 Å². The monoisotopic (exact) mass is 246 g/mol. The first-order valence-electron chi connectivity index (χ1n) is 5.99. The van der Waals surface area contributed by atoms with E-state index in [-0.39, 0.29) is 12.4 Å². The summed E-state index contributed by atoms with van der Waals surface area (Å²) < 4.78 is 4.93. The number of ether oxygens (including phenoxy) is 1. The van der Waals surface area contributed by atoms with Crippen molar-refractivity contribution in [3.8, 4) is 0 Å². The fourth-order valence-electron chi connectivity index (χ4n) is 1.76. The fraction of sp³-hybridized carbons (Fsp3) is 0.333. The number of aryl methyl sites for hydroxylation is 1. The molecule has 1 aromatic carbocycles. The van der Waals surface area contributed by atoms with Crippen LogP contribution in [0.2, 0.25) is 0 Å². The van der Waals surface area contributed by atoms with Crippen LogP contribution < -0.4 is 0 Å². The molecule has 18 heavy (non-hydrogen) atoms. The minimum Gasteiger partial charge on any atom is -0.465 e. The van der Waals surface area contributed by atoms with Gasteiger partial charge in [-0.2, -0.15) is 0 Å². The Morgan fingerprint density at radius 3 is 2.61 bits per heavy atom. The number of carbonyl (C=O) groups is 2. The van der Waals surface area contributed by atoms with Crippen molar-refractivity contribution in [1.29, 1.82) is 0 Å². The number of ketones is 1. The highest BCUT2D eigenvalue weighted by Crippen LogP contribution is 2.17. The predicted octanol–water partition coefficient (Wildman–Crippen LogP) is 2.93. The summed E-state index contributed by atoms with van der Waals surface area (Å²) in [4.78, 5) is 24.1. The number of allylic oxidation sites excluding steroid dienone is 1. The first-order chi connectivity index (χ1) is 8.61. The van der Waals surface area contributed by atoms with Crippen LogP contribution >= 0.6 is 0 Å². The van der Waals surface area contributed by atoms with E-state index in [0.717, 1.165) is 5.56 Å². The Kier molecular flexibility index (Phi) is 5.31. The topological polar surface area (TPSA) is 43.4 Å². The van der Waals surface area contributed by atoms with Crippen molar-refractivity contribution in [2.75, 3.05) is 6.61 Å². The number of esters is 1. The van der Waals surface area contributed by atoms with Crippen LogP contribution in [0.1, 0.15) is 29.3 Å². The van der Waals surface area contributed by atoms with Crippen molar-refractivity contribution in [1.82, 2.24) is 0 Å². The second-order valence-corrected chi connectivity index (χ2v) is 4.01. The van der Waals surface area contributed by atoms with Gasteiger partial charge in [0, 0.05) is 5.56 Å². The standard InChI is InChI=1S/C15H18O3/c1-4-8-13(15(17)18-5-2)14(16)12-10-7-6-9-11(12)3/h4,6-7,9-10,13H,1,5,8H2,2-3H3. The van der Waals surface area contributed by atoms with E-state index in [1.165, 1.54) is 0 Å². The van der Waals surface area contributed by atoms with Crippen LogP contribution in [0.4, 0.5) is 0 Å². The van der Waals surface area contributed by atoms with Crippen molar-refractivity contribution in [2.24, 2.45) is 5.92 Å². The van der Waals surface area contributed by atoms with Gasteiger partial charge < -0.3 is 4.74 Å². The molecule has 0 aliphatic rings. The third-order valence-corrected chi connectivity index (χ3v) is 2.70. The van der Waals surface area contributed by atoms with Crippen molar-refractivity contribution >= 4 is 11.8 Å². The lowest BCUT2D eigenvalue weighted by Crippen LogP contribution is -2.26. The molecule has 0 N–H and O–H groups in total. The molecule has 96 valence electrons. The second kappa shape index (κ2) is 6.74. The van der Waals surface area contributed by atoms with Gasteiger partial charge in [0.25, 0.3) is 0 Å². The van der Waals surface area contributed by atoms with Crippen molar-refractivity contribution < 1.29 is 14.3 Å². The van der Waals surface area contributed by atoms with E-state index in [0.29, 0.717) is 12.0 Å². The number of hydrogen-bond donors (Lipinski definition) is 0. The number of hydrogen-bond acceptors (Lipinski definition) is 3. The maximum atomic E-state index is 12.3. The maximum absolute atomic E-state index is 12.3. The Labute approximate surface area is 107 Å². The molecule has 1 aromatic rings. The normalized spacial score (nSPS) is 11.7. The zero-order valence-electron chi connectivity index (χ0n) is 10.8. The molecule has 0 aliphatic carbocycles. The van der Waals surface area contributed by atoms with Gasteiger partial charge in [-0.3, -0.25) is 9.59 Å². The number of benzene rings is 1. The maximum Gasteiger partial charge on any atom is 0.317 e. The minimum absolute atomic E-state index is 0.202. The molecule has 0 saturated heterocycles. The van der Waals surface area contributed by atoms with Gasteiger partial charge in [-0.25, -0.2) is 0 Å². The summed E-state index contributed by atoms with van der Waals surface area (Å²) in [7, 11) is 0. The molecule has 0 fully saturated rings. The number of rotatable bonds is 6. The van der Waals surface area contributed by atoms with Gasteiger partial charge in [0.2, 0.25) is 0 Å². The van der Waals surface area contributed by atoms with E-state index in [9.17, 15) is 9.59 Å². The second-order valence-electron chi connectivity index (χ2n) is 4.01. The Balaban J connectivity index is 2.99. The number of Topliss-reactive ketones (excluding diaryl/α,β-unsaturated/α-hetero) is 1. The molecule has 0 heterocycles. The lowest BCUT2D eigenvalue weighted by atomic mass is 9.92. The lowest BCUT2D eigenvalue weighted by Gasteiger charge is -2.14. The summed E-state index contributed by atoms with van der Waals surface area (Å²) in [6.45, 7) is 7.43. The summed E-state index contributed by atoms with van der Waals surface area (Å²) in [6.07, 6.45) is 1.86. The summed E-state index contributed by atoms with van der Waals surface area (Å²) in [5.41, 5.74) is 1.43. The average molecular weight is 246 g/mol. The molecule has 0 aromatic heterocycles. The highest BCUT2D eigenvalue weighted by molar-refractivity contribution is 6.09. The van der Waals surface area contributed by atoms with Crippen LogP contribution in [0.15, 0.2) is 36.9 Å². The SMILES string of the molecule is C=CCC(C(=O)OCC)C(=O)c1ccccc1C. The summed E-state index contributed by atoms with van der Waals surface area (Å²) in [6, 6.07) is 7.23. The summed E-state index contributed by atoms with van der Waals surface area (Å²) >= 11 is 0. The van der Waals surface area contributed by atoms with Gasteiger partial charge in [-0.05, 0) is 25.8 Å². The van der Waals surface area contributed by atoms with Crippen LogP contribution in [0.25, 0.3) is 0 Å². The van der Waals surface area contributed by atoms with Gasteiger partial charge >= 0.3 is 5.97 Å². The lowest BCUT2D eigenvalue weighted by molar-refractivity contribution is -0.146. The predicted molar refractivity (Wildman–Crippen MR) is 70.4 cm³/mol. The minimum atomic E-state index is -0.788. The molecule has 1 unspecified atom stereocenters. The highest BCUT2D eigenvalue weighted by atomic mass is 16.5. The smallest absolute Gasteiger partial charge is 0.317 e. The van der Waals surface area contributed by atoms with E-state index in [1.807, 2.05) is 19.1 Å². The molecule has 1 rings (SSSR count). The zero-order valence-corrected chi connectivity index (χ0v) is 10.8. The molecule has 0 radical (unpaired) electrons. The molecule has 1 atom stereocenters. The zero-order chi connectivity index (χ0) is 13.5. The average Bonchev–Trinajstić information content (AvgIpc) is 2.36. The van der Waals surface area contributed by atoms with Crippen molar-refractivity contribution in [3.63, 3.8) is 0 Å². The molecule has 0 saturated carbocycles. The third-order valence-electron chi connectivity index (χ3n) is 2.70.